The Labute approximate surface area is 225 Å². The summed E-state index contributed by atoms with van der Waals surface area (Å²) in [5.74, 6) is -0.493. The SMILES string of the molecule is Cc1cc(-c2cccc(-c3csc(CC(=O)CNC(=O)c4cc(C5CC5)n(S(C)(=O)=O)c4)n3)c2)cc(C)n1. The van der Waals surface area contributed by atoms with Crippen LogP contribution in [0.3, 0.4) is 0 Å². The molecule has 1 aromatic carbocycles. The van der Waals surface area contributed by atoms with E-state index < -0.39 is 15.9 Å². The van der Waals surface area contributed by atoms with Gasteiger partial charge in [-0.3, -0.25) is 14.6 Å². The van der Waals surface area contributed by atoms with Gasteiger partial charge in [-0.1, -0.05) is 18.2 Å². The van der Waals surface area contributed by atoms with Crippen LogP contribution in [0.4, 0.5) is 0 Å². The van der Waals surface area contributed by atoms with E-state index in [0.29, 0.717) is 10.7 Å². The Morgan fingerprint density at radius 1 is 1.03 bits per heavy atom. The highest BCUT2D eigenvalue weighted by molar-refractivity contribution is 7.89. The van der Waals surface area contributed by atoms with Gasteiger partial charge in [-0.15, -0.1) is 11.3 Å². The van der Waals surface area contributed by atoms with Gasteiger partial charge < -0.3 is 5.32 Å². The number of ketones is 1. The Bertz CT molecular complexity index is 1630. The lowest BCUT2D eigenvalue weighted by atomic mass is 10.0. The third-order valence-corrected chi connectivity index (χ3v) is 8.23. The topological polar surface area (TPSA) is 111 Å². The van der Waals surface area contributed by atoms with E-state index in [1.807, 2.05) is 31.4 Å². The predicted molar refractivity (Wildman–Crippen MR) is 148 cm³/mol. The molecule has 0 aliphatic heterocycles. The Kier molecular flexibility index (Phi) is 7.02. The molecular formula is C28H28N4O4S2. The first-order chi connectivity index (χ1) is 18.1. The van der Waals surface area contributed by atoms with Gasteiger partial charge in [0.1, 0.15) is 5.01 Å². The number of hydrogen-bond acceptors (Lipinski definition) is 7. The van der Waals surface area contributed by atoms with Crippen LogP contribution >= 0.6 is 11.3 Å². The molecule has 196 valence electrons. The normalized spacial score (nSPS) is 13.4. The number of rotatable bonds is 9. The van der Waals surface area contributed by atoms with Gasteiger partial charge in [0.05, 0.1) is 30.5 Å². The fraction of sp³-hybridized carbons (Fsp3) is 0.286. The lowest BCUT2D eigenvalue weighted by Crippen LogP contribution is -2.30. The number of carbonyl (C=O) groups excluding carboxylic acids is 2. The predicted octanol–water partition coefficient (Wildman–Crippen LogP) is 4.52. The smallest absolute Gasteiger partial charge is 0.253 e. The molecule has 0 spiro atoms. The molecule has 3 heterocycles. The third kappa shape index (κ3) is 5.92. The number of aryl methyl sites for hydroxylation is 2. The molecule has 4 aromatic rings. The molecule has 38 heavy (non-hydrogen) atoms. The highest BCUT2D eigenvalue weighted by atomic mass is 32.2. The van der Waals surface area contributed by atoms with E-state index >= 15 is 0 Å². The zero-order valence-corrected chi connectivity index (χ0v) is 23.0. The minimum atomic E-state index is -3.51. The number of Topliss-reactive ketones (excluding diaryl/α,β-unsaturated/α-hetero) is 1. The molecule has 1 aliphatic carbocycles. The fourth-order valence-electron chi connectivity index (χ4n) is 4.45. The first-order valence-corrected chi connectivity index (χ1v) is 15.0. The molecule has 1 N–H and O–H groups in total. The van der Waals surface area contributed by atoms with E-state index in [1.165, 1.54) is 21.5 Å². The van der Waals surface area contributed by atoms with Gasteiger partial charge in [0.2, 0.25) is 10.0 Å². The van der Waals surface area contributed by atoms with Gasteiger partial charge in [-0.25, -0.2) is 17.4 Å². The Hall–Kier alpha value is -3.63. The Morgan fingerprint density at radius 2 is 1.74 bits per heavy atom. The van der Waals surface area contributed by atoms with E-state index in [9.17, 15) is 18.0 Å². The van der Waals surface area contributed by atoms with Crippen LogP contribution in [0.1, 0.15) is 51.2 Å². The maximum atomic E-state index is 12.6. The molecule has 0 saturated heterocycles. The number of carbonyl (C=O) groups is 2. The summed E-state index contributed by atoms with van der Waals surface area (Å²) in [6, 6.07) is 13.8. The van der Waals surface area contributed by atoms with Crippen molar-refractivity contribution >= 4 is 33.1 Å². The monoisotopic (exact) mass is 548 g/mol. The van der Waals surface area contributed by atoms with E-state index in [2.05, 4.69) is 39.6 Å². The van der Waals surface area contributed by atoms with Crippen molar-refractivity contribution < 1.29 is 18.0 Å². The average molecular weight is 549 g/mol. The first kappa shape index (κ1) is 26.0. The second-order valence-corrected chi connectivity index (χ2v) is 12.5. The summed E-state index contributed by atoms with van der Waals surface area (Å²) in [6.07, 6.45) is 4.36. The van der Waals surface area contributed by atoms with Crippen molar-refractivity contribution in [2.45, 2.75) is 39.0 Å². The standard InChI is InChI=1S/C28H28N4O4S2/c1-17-9-22(10-18(2)30-17)20-5-4-6-21(11-20)25-16-37-27(31-25)13-24(33)14-29-28(34)23-12-26(19-7-8-19)32(15-23)38(3,35)36/h4-6,9-12,15-16,19H,7-8,13-14H2,1-3H3,(H,29,34). The number of aromatic nitrogens is 3. The van der Waals surface area contributed by atoms with Crippen LogP contribution < -0.4 is 5.32 Å². The largest absolute Gasteiger partial charge is 0.345 e. The highest BCUT2D eigenvalue weighted by Crippen LogP contribution is 2.41. The third-order valence-electron chi connectivity index (χ3n) is 6.35. The van der Waals surface area contributed by atoms with Gasteiger partial charge in [0.25, 0.3) is 5.91 Å². The molecule has 0 unspecified atom stereocenters. The number of nitrogens with one attached hydrogen (secondary N) is 1. The van der Waals surface area contributed by atoms with E-state index in [1.54, 1.807) is 6.07 Å². The molecule has 3 aromatic heterocycles. The number of hydrogen-bond donors (Lipinski definition) is 1. The molecule has 0 bridgehead atoms. The minimum absolute atomic E-state index is 0.102. The van der Waals surface area contributed by atoms with Crippen molar-refractivity contribution in [3.05, 3.63) is 81.7 Å². The van der Waals surface area contributed by atoms with E-state index in [0.717, 1.165) is 52.9 Å². The van der Waals surface area contributed by atoms with Crippen LogP contribution in [0.25, 0.3) is 22.4 Å². The highest BCUT2D eigenvalue weighted by Gasteiger charge is 2.30. The van der Waals surface area contributed by atoms with Crippen LogP contribution in [-0.4, -0.2) is 46.8 Å². The second-order valence-electron chi connectivity index (χ2n) is 9.73. The van der Waals surface area contributed by atoms with E-state index in [-0.39, 0.29) is 30.2 Å². The molecule has 1 aliphatic rings. The molecule has 1 saturated carbocycles. The number of nitrogens with zero attached hydrogens (tertiary/aromatic N) is 3. The maximum Gasteiger partial charge on any atom is 0.253 e. The van der Waals surface area contributed by atoms with E-state index in [4.69, 9.17) is 0 Å². The van der Waals surface area contributed by atoms with Crippen LogP contribution in [0.15, 0.2) is 54.0 Å². The number of benzene rings is 1. The van der Waals surface area contributed by atoms with Crippen LogP contribution in [0.5, 0.6) is 0 Å². The Balaban J connectivity index is 1.22. The molecule has 1 fully saturated rings. The van der Waals surface area contributed by atoms with Crippen LogP contribution in [0, 0.1) is 13.8 Å². The minimum Gasteiger partial charge on any atom is -0.345 e. The summed E-state index contributed by atoms with van der Waals surface area (Å²) in [5.41, 5.74) is 6.69. The number of amides is 1. The molecule has 10 heteroatoms. The lowest BCUT2D eigenvalue weighted by Gasteiger charge is -2.06. The summed E-state index contributed by atoms with van der Waals surface area (Å²) in [6.45, 7) is 3.79. The summed E-state index contributed by atoms with van der Waals surface area (Å²) < 4.78 is 25.3. The fourth-order valence-corrected chi connectivity index (χ4v) is 6.17. The summed E-state index contributed by atoms with van der Waals surface area (Å²) in [7, 11) is -3.51. The zero-order chi connectivity index (χ0) is 27.0. The summed E-state index contributed by atoms with van der Waals surface area (Å²) in [5, 5.41) is 5.21. The maximum absolute atomic E-state index is 12.6. The van der Waals surface area contributed by atoms with Gasteiger partial charge in [0.15, 0.2) is 5.78 Å². The second kappa shape index (κ2) is 10.3. The lowest BCUT2D eigenvalue weighted by molar-refractivity contribution is -0.117. The summed E-state index contributed by atoms with van der Waals surface area (Å²) >= 11 is 1.40. The first-order valence-electron chi connectivity index (χ1n) is 12.3. The molecule has 0 atom stereocenters. The van der Waals surface area contributed by atoms with Crippen molar-refractivity contribution in [3.8, 4) is 22.4 Å². The molecule has 0 radical (unpaired) electrons. The van der Waals surface area contributed by atoms with Crippen molar-refractivity contribution in [1.82, 2.24) is 19.3 Å². The molecular weight excluding hydrogens is 520 g/mol. The van der Waals surface area contributed by atoms with Crippen LogP contribution in [-0.2, 0) is 21.2 Å². The van der Waals surface area contributed by atoms with Gasteiger partial charge in [-0.05, 0) is 62.1 Å². The van der Waals surface area contributed by atoms with Gasteiger partial charge >= 0.3 is 0 Å². The van der Waals surface area contributed by atoms with Crippen molar-refractivity contribution in [2.75, 3.05) is 12.8 Å². The van der Waals surface area contributed by atoms with Gasteiger partial charge in [0, 0.05) is 40.1 Å². The molecule has 8 nitrogen and oxygen atoms in total. The van der Waals surface area contributed by atoms with Crippen molar-refractivity contribution in [3.63, 3.8) is 0 Å². The molecule has 1 amide bonds. The van der Waals surface area contributed by atoms with Crippen molar-refractivity contribution in [1.29, 1.82) is 0 Å². The van der Waals surface area contributed by atoms with Gasteiger partial charge in [-0.2, -0.15) is 0 Å². The number of pyridine rings is 1. The average Bonchev–Trinajstić information content (AvgIpc) is 3.42. The molecule has 5 rings (SSSR count). The quantitative estimate of drug-likeness (QED) is 0.329. The zero-order valence-electron chi connectivity index (χ0n) is 21.4. The Morgan fingerprint density at radius 3 is 2.42 bits per heavy atom. The number of thiazole rings is 1. The van der Waals surface area contributed by atoms with Crippen LogP contribution in [0.2, 0.25) is 0 Å². The van der Waals surface area contributed by atoms with Crippen molar-refractivity contribution in [2.24, 2.45) is 0 Å². The summed E-state index contributed by atoms with van der Waals surface area (Å²) in [4.78, 5) is 34.3.